The Bertz CT molecular complexity index is 164. The lowest BCUT2D eigenvalue weighted by molar-refractivity contribution is -0.136. The average Bonchev–Trinajstić information content (AvgIpc) is 1.94. The highest BCUT2D eigenvalue weighted by molar-refractivity contribution is 5.66. The summed E-state index contributed by atoms with van der Waals surface area (Å²) in [6.45, 7) is 3.83. The van der Waals surface area contributed by atoms with Crippen LogP contribution in [0.5, 0.6) is 0 Å². The highest BCUT2D eigenvalue weighted by atomic mass is 16.4. The molecule has 0 aromatic rings. The van der Waals surface area contributed by atoms with Crippen LogP contribution in [0, 0.1) is 5.41 Å². The standard InChI is InChI=1S/C9H17NO2/c1-9(4-2-5-9)7-10-6-3-8(11)12/h10H,2-7H2,1H3,(H,11,12). The number of nitrogens with one attached hydrogen (secondary N) is 1. The van der Waals surface area contributed by atoms with Crippen LogP contribution in [0.4, 0.5) is 0 Å². The fourth-order valence-electron chi connectivity index (χ4n) is 1.54. The van der Waals surface area contributed by atoms with Crippen LogP contribution in [0.15, 0.2) is 0 Å². The quantitative estimate of drug-likeness (QED) is 0.612. The van der Waals surface area contributed by atoms with E-state index >= 15 is 0 Å². The van der Waals surface area contributed by atoms with Crippen molar-refractivity contribution in [2.24, 2.45) is 5.41 Å². The molecule has 0 aromatic carbocycles. The minimum absolute atomic E-state index is 0.232. The zero-order valence-corrected chi connectivity index (χ0v) is 7.60. The third-order valence-electron chi connectivity index (χ3n) is 2.63. The molecule has 0 atom stereocenters. The van der Waals surface area contributed by atoms with E-state index in [9.17, 15) is 4.79 Å². The molecule has 0 aliphatic heterocycles. The Balaban J connectivity index is 1.98. The highest BCUT2D eigenvalue weighted by Gasteiger charge is 2.30. The maximum Gasteiger partial charge on any atom is 0.304 e. The molecule has 0 spiro atoms. The minimum atomic E-state index is -0.721. The second kappa shape index (κ2) is 3.90. The molecule has 0 radical (unpaired) electrons. The summed E-state index contributed by atoms with van der Waals surface area (Å²) in [5.74, 6) is -0.721. The lowest BCUT2D eigenvalue weighted by Crippen LogP contribution is -2.37. The van der Waals surface area contributed by atoms with Gasteiger partial charge in [-0.1, -0.05) is 13.3 Å². The first kappa shape index (κ1) is 9.52. The van der Waals surface area contributed by atoms with E-state index in [0.29, 0.717) is 12.0 Å². The SMILES string of the molecule is CC1(CNCCC(=O)O)CCC1. The molecule has 0 saturated heterocycles. The molecular weight excluding hydrogens is 154 g/mol. The minimum Gasteiger partial charge on any atom is -0.481 e. The fourth-order valence-corrected chi connectivity index (χ4v) is 1.54. The fraction of sp³-hybridized carbons (Fsp3) is 0.889. The van der Waals surface area contributed by atoms with E-state index in [2.05, 4.69) is 12.2 Å². The zero-order valence-electron chi connectivity index (χ0n) is 7.60. The second-order valence-electron chi connectivity index (χ2n) is 3.98. The Morgan fingerprint density at radius 3 is 2.67 bits per heavy atom. The Morgan fingerprint density at radius 2 is 2.25 bits per heavy atom. The van der Waals surface area contributed by atoms with Gasteiger partial charge in [-0.2, -0.15) is 0 Å². The second-order valence-corrected chi connectivity index (χ2v) is 3.98. The first-order valence-electron chi connectivity index (χ1n) is 4.55. The van der Waals surface area contributed by atoms with Crippen LogP contribution in [-0.2, 0) is 4.79 Å². The van der Waals surface area contributed by atoms with E-state index in [1.54, 1.807) is 0 Å². The number of aliphatic carboxylic acids is 1. The Hall–Kier alpha value is -0.570. The summed E-state index contributed by atoms with van der Waals surface area (Å²) in [5.41, 5.74) is 0.457. The van der Waals surface area contributed by atoms with Gasteiger partial charge in [0.2, 0.25) is 0 Å². The maximum atomic E-state index is 10.2. The molecule has 1 fully saturated rings. The van der Waals surface area contributed by atoms with Crippen LogP contribution < -0.4 is 5.32 Å². The molecule has 12 heavy (non-hydrogen) atoms. The first-order valence-corrected chi connectivity index (χ1v) is 4.55. The molecule has 3 nitrogen and oxygen atoms in total. The monoisotopic (exact) mass is 171 g/mol. The van der Waals surface area contributed by atoms with Gasteiger partial charge in [0.1, 0.15) is 0 Å². The van der Waals surface area contributed by atoms with Crippen LogP contribution in [0.3, 0.4) is 0 Å². The van der Waals surface area contributed by atoms with E-state index in [-0.39, 0.29) is 6.42 Å². The third-order valence-corrected chi connectivity index (χ3v) is 2.63. The molecule has 1 saturated carbocycles. The van der Waals surface area contributed by atoms with Gasteiger partial charge >= 0.3 is 5.97 Å². The highest BCUT2D eigenvalue weighted by Crippen LogP contribution is 2.39. The van der Waals surface area contributed by atoms with Crippen LogP contribution >= 0.6 is 0 Å². The predicted molar refractivity (Wildman–Crippen MR) is 47.1 cm³/mol. The van der Waals surface area contributed by atoms with Gasteiger partial charge in [0.05, 0.1) is 6.42 Å². The average molecular weight is 171 g/mol. The lowest BCUT2D eigenvalue weighted by Gasteiger charge is -2.38. The number of hydrogen-bond acceptors (Lipinski definition) is 2. The number of carbonyl (C=O) groups is 1. The number of hydrogen-bond donors (Lipinski definition) is 2. The molecule has 0 aromatic heterocycles. The molecular formula is C9H17NO2. The smallest absolute Gasteiger partial charge is 0.304 e. The number of carboxylic acids is 1. The third kappa shape index (κ3) is 2.81. The van der Waals surface area contributed by atoms with Crippen molar-refractivity contribution in [2.75, 3.05) is 13.1 Å². The van der Waals surface area contributed by atoms with Gasteiger partial charge in [-0.15, -0.1) is 0 Å². The summed E-state index contributed by atoms with van der Waals surface area (Å²) in [5, 5.41) is 11.6. The summed E-state index contributed by atoms with van der Waals surface area (Å²) < 4.78 is 0. The molecule has 0 heterocycles. The Kier molecular flexibility index (Phi) is 3.09. The van der Waals surface area contributed by atoms with Crippen molar-refractivity contribution < 1.29 is 9.90 Å². The molecule has 2 N–H and O–H groups in total. The summed E-state index contributed by atoms with van der Waals surface area (Å²) >= 11 is 0. The van der Waals surface area contributed by atoms with Crippen LogP contribution in [-0.4, -0.2) is 24.2 Å². The van der Waals surface area contributed by atoms with Crippen molar-refractivity contribution in [1.82, 2.24) is 5.32 Å². The van der Waals surface area contributed by atoms with Gasteiger partial charge in [-0.05, 0) is 18.3 Å². The largest absolute Gasteiger partial charge is 0.481 e. The summed E-state index contributed by atoms with van der Waals surface area (Å²) in [4.78, 5) is 10.2. The Morgan fingerprint density at radius 1 is 1.58 bits per heavy atom. The van der Waals surface area contributed by atoms with Crippen molar-refractivity contribution in [2.45, 2.75) is 32.6 Å². The molecule has 0 bridgehead atoms. The van der Waals surface area contributed by atoms with E-state index < -0.39 is 5.97 Å². The summed E-state index contributed by atoms with van der Waals surface area (Å²) in [7, 11) is 0. The van der Waals surface area contributed by atoms with E-state index in [1.807, 2.05) is 0 Å². The maximum absolute atomic E-state index is 10.2. The molecule has 3 heteroatoms. The van der Waals surface area contributed by atoms with Gasteiger partial charge in [0.15, 0.2) is 0 Å². The molecule has 1 aliphatic carbocycles. The Labute approximate surface area is 73.2 Å². The van der Waals surface area contributed by atoms with Crippen LogP contribution in [0.25, 0.3) is 0 Å². The van der Waals surface area contributed by atoms with Gasteiger partial charge in [0.25, 0.3) is 0 Å². The summed E-state index contributed by atoms with van der Waals surface area (Å²) in [6.07, 6.45) is 4.13. The molecule has 1 aliphatic rings. The van der Waals surface area contributed by atoms with Crippen molar-refractivity contribution in [1.29, 1.82) is 0 Å². The van der Waals surface area contributed by atoms with E-state index in [4.69, 9.17) is 5.11 Å². The van der Waals surface area contributed by atoms with Crippen molar-refractivity contribution in [3.8, 4) is 0 Å². The number of carboxylic acid groups (broad SMARTS) is 1. The van der Waals surface area contributed by atoms with Gasteiger partial charge in [-0.25, -0.2) is 0 Å². The predicted octanol–water partition coefficient (Wildman–Crippen LogP) is 1.24. The van der Waals surface area contributed by atoms with Crippen molar-refractivity contribution in [3.63, 3.8) is 0 Å². The number of rotatable bonds is 5. The molecule has 1 rings (SSSR count). The normalized spacial score (nSPS) is 20.1. The van der Waals surface area contributed by atoms with Gasteiger partial charge in [0, 0.05) is 13.1 Å². The molecule has 0 unspecified atom stereocenters. The first-order chi connectivity index (χ1) is 5.62. The van der Waals surface area contributed by atoms with E-state index in [0.717, 1.165) is 6.54 Å². The van der Waals surface area contributed by atoms with Crippen molar-refractivity contribution >= 4 is 5.97 Å². The topological polar surface area (TPSA) is 49.3 Å². The van der Waals surface area contributed by atoms with Gasteiger partial charge < -0.3 is 10.4 Å². The van der Waals surface area contributed by atoms with Crippen LogP contribution in [0.2, 0.25) is 0 Å². The summed E-state index contributed by atoms with van der Waals surface area (Å²) in [6, 6.07) is 0. The zero-order chi connectivity index (χ0) is 9.03. The lowest BCUT2D eigenvalue weighted by atomic mass is 9.70. The van der Waals surface area contributed by atoms with Crippen molar-refractivity contribution in [3.05, 3.63) is 0 Å². The van der Waals surface area contributed by atoms with Gasteiger partial charge in [-0.3, -0.25) is 4.79 Å². The molecule has 70 valence electrons. The molecule has 0 amide bonds. The van der Waals surface area contributed by atoms with Crippen LogP contribution in [0.1, 0.15) is 32.6 Å². The van der Waals surface area contributed by atoms with E-state index in [1.165, 1.54) is 19.3 Å².